The van der Waals surface area contributed by atoms with Gasteiger partial charge in [-0.25, -0.2) is 0 Å². The molecule has 0 aromatic carbocycles. The second kappa shape index (κ2) is 12.6. The highest BCUT2D eigenvalue weighted by Gasteiger charge is 2.30. The number of thiol groups is 1. The summed E-state index contributed by atoms with van der Waals surface area (Å²) in [5.74, 6) is -0.131. The molecule has 146 valence electrons. The Hall–Kier alpha value is -0.720. The topological polar surface area (TPSA) is 66.5 Å². The number of carbonyl (C=O) groups excluding carboxylic acids is 3. The molecule has 1 atom stereocenters. The number of nitrogens with one attached hydrogen (secondary N) is 1. The van der Waals surface area contributed by atoms with E-state index < -0.39 is 6.04 Å². The number of carbonyl (C=O) groups is 3. The van der Waals surface area contributed by atoms with Gasteiger partial charge in [0.15, 0.2) is 10.9 Å². The molecule has 5 nitrogen and oxygen atoms in total. The number of Topliss-reactive ketones (excluding diaryl/α,β-unsaturated/α-hetero) is 2. The summed E-state index contributed by atoms with van der Waals surface area (Å²) in [6, 6.07) is 0.0351. The van der Waals surface area contributed by atoms with Crippen LogP contribution in [0.2, 0.25) is 0 Å². The molecule has 0 aromatic heterocycles. The molecule has 0 aliphatic heterocycles. The Morgan fingerprint density at radius 1 is 0.920 bits per heavy atom. The molecule has 0 amide bonds. The van der Waals surface area contributed by atoms with Crippen LogP contribution in [0, 0.1) is 11.8 Å². The van der Waals surface area contributed by atoms with Crippen molar-refractivity contribution in [2.45, 2.75) is 72.9 Å². The zero-order valence-electron chi connectivity index (χ0n) is 16.7. The maximum absolute atomic E-state index is 12.7. The van der Waals surface area contributed by atoms with E-state index in [1.165, 1.54) is 0 Å². The van der Waals surface area contributed by atoms with Crippen molar-refractivity contribution >= 4 is 29.3 Å². The predicted octanol–water partition coefficient (Wildman–Crippen LogP) is 2.73. The third-order valence-corrected chi connectivity index (χ3v) is 4.28. The molecule has 0 aliphatic carbocycles. The molecule has 0 aromatic rings. The molecule has 0 rings (SSSR count). The number of rotatable bonds is 14. The van der Waals surface area contributed by atoms with Crippen LogP contribution in [0.3, 0.4) is 0 Å². The van der Waals surface area contributed by atoms with Crippen molar-refractivity contribution in [1.82, 2.24) is 10.2 Å². The molecule has 6 heteroatoms. The van der Waals surface area contributed by atoms with Crippen molar-refractivity contribution < 1.29 is 14.4 Å². The summed E-state index contributed by atoms with van der Waals surface area (Å²) in [4.78, 5) is 38.1. The number of hydrogen-bond donors (Lipinski definition) is 2. The largest absolute Gasteiger partial charge is 0.315 e. The molecule has 0 radical (unpaired) electrons. The molecule has 0 spiro atoms. The Morgan fingerprint density at radius 3 is 1.96 bits per heavy atom. The van der Waals surface area contributed by atoms with Crippen LogP contribution in [-0.4, -0.2) is 53.3 Å². The smallest absolute Gasteiger partial charge is 0.199 e. The number of hydrogen-bond acceptors (Lipinski definition) is 5. The van der Waals surface area contributed by atoms with Crippen molar-refractivity contribution in [3.63, 3.8) is 0 Å². The van der Waals surface area contributed by atoms with E-state index in [0.29, 0.717) is 12.5 Å². The summed E-state index contributed by atoms with van der Waals surface area (Å²) in [6.07, 6.45) is 2.49. The molecular weight excluding hydrogens is 336 g/mol. The molecule has 0 saturated carbocycles. The van der Waals surface area contributed by atoms with Crippen LogP contribution in [0.15, 0.2) is 0 Å². The van der Waals surface area contributed by atoms with Gasteiger partial charge in [-0.15, -0.1) is 12.6 Å². The minimum Gasteiger partial charge on any atom is -0.315 e. The maximum Gasteiger partial charge on any atom is 0.199 e. The van der Waals surface area contributed by atoms with Gasteiger partial charge >= 0.3 is 0 Å². The van der Waals surface area contributed by atoms with Crippen LogP contribution in [0.4, 0.5) is 0 Å². The Morgan fingerprint density at radius 2 is 1.52 bits per heavy atom. The molecule has 0 aliphatic rings. The molecule has 1 N–H and O–H groups in total. The van der Waals surface area contributed by atoms with Gasteiger partial charge < -0.3 is 5.32 Å². The average Bonchev–Trinajstić information content (AvgIpc) is 2.48. The first-order valence-electron chi connectivity index (χ1n) is 9.31. The van der Waals surface area contributed by atoms with E-state index in [-0.39, 0.29) is 41.6 Å². The lowest BCUT2D eigenvalue weighted by Crippen LogP contribution is -2.48. The normalized spacial score (nSPS) is 13.1. The molecule has 1 unspecified atom stereocenters. The van der Waals surface area contributed by atoms with Crippen LogP contribution in [0.5, 0.6) is 0 Å². The Labute approximate surface area is 158 Å². The van der Waals surface area contributed by atoms with Gasteiger partial charge in [-0.05, 0) is 19.4 Å². The fourth-order valence-corrected chi connectivity index (χ4v) is 2.76. The Bertz CT molecular complexity index is 436. The lowest BCUT2D eigenvalue weighted by Gasteiger charge is -2.31. The summed E-state index contributed by atoms with van der Waals surface area (Å²) in [5, 5.41) is 3.04. The third-order valence-electron chi connectivity index (χ3n) is 4.14. The SMILES string of the molecule is CC(C)NCCCCC(C(=O)C(C)C)N(CC(=O)S)CC(=O)C(C)C. The molecular formula is C19H36N2O3S. The lowest BCUT2D eigenvalue weighted by molar-refractivity contribution is -0.131. The molecule has 0 heterocycles. The second-order valence-corrected chi connectivity index (χ2v) is 8.10. The van der Waals surface area contributed by atoms with Crippen molar-refractivity contribution in [1.29, 1.82) is 0 Å². The summed E-state index contributed by atoms with van der Waals surface area (Å²) < 4.78 is 0. The molecule has 25 heavy (non-hydrogen) atoms. The highest BCUT2D eigenvalue weighted by molar-refractivity contribution is 7.96. The zero-order valence-corrected chi connectivity index (χ0v) is 17.6. The lowest BCUT2D eigenvalue weighted by atomic mass is 9.95. The van der Waals surface area contributed by atoms with Gasteiger partial charge in [0, 0.05) is 17.9 Å². The minimum atomic E-state index is -0.405. The van der Waals surface area contributed by atoms with Crippen molar-refractivity contribution in [3.8, 4) is 0 Å². The standard InChI is InChI=1S/C19H36N2O3S/c1-13(2)17(22)11-21(12-18(23)25)16(19(24)14(3)4)9-7-8-10-20-15(5)6/h13-16,20H,7-12H2,1-6H3,(H,23,25). The van der Waals surface area contributed by atoms with E-state index in [0.717, 1.165) is 19.4 Å². The molecule has 0 fully saturated rings. The van der Waals surface area contributed by atoms with E-state index in [2.05, 4.69) is 31.8 Å². The van der Waals surface area contributed by atoms with Gasteiger partial charge in [-0.1, -0.05) is 48.0 Å². The second-order valence-electron chi connectivity index (χ2n) is 7.60. The van der Waals surface area contributed by atoms with Crippen LogP contribution in [0.25, 0.3) is 0 Å². The quantitative estimate of drug-likeness (QED) is 0.362. The van der Waals surface area contributed by atoms with Gasteiger partial charge in [-0.3, -0.25) is 19.3 Å². The van der Waals surface area contributed by atoms with Crippen molar-refractivity contribution in [3.05, 3.63) is 0 Å². The van der Waals surface area contributed by atoms with E-state index >= 15 is 0 Å². The fraction of sp³-hybridized carbons (Fsp3) is 0.842. The van der Waals surface area contributed by atoms with E-state index in [9.17, 15) is 14.4 Å². The summed E-state index contributed by atoms with van der Waals surface area (Å²) in [5.41, 5.74) is 0. The van der Waals surface area contributed by atoms with Gasteiger partial charge in [0.25, 0.3) is 0 Å². The number of unbranched alkanes of at least 4 members (excludes halogenated alkanes) is 1. The van der Waals surface area contributed by atoms with Crippen LogP contribution in [-0.2, 0) is 14.4 Å². The molecule has 0 bridgehead atoms. The third kappa shape index (κ3) is 10.8. The number of nitrogens with zero attached hydrogens (tertiary/aromatic N) is 1. The first-order chi connectivity index (χ1) is 11.6. The zero-order chi connectivity index (χ0) is 19.6. The average molecular weight is 373 g/mol. The monoisotopic (exact) mass is 372 g/mol. The molecule has 0 saturated heterocycles. The van der Waals surface area contributed by atoms with E-state index in [4.69, 9.17) is 0 Å². The first kappa shape index (κ1) is 24.3. The summed E-state index contributed by atoms with van der Waals surface area (Å²) in [7, 11) is 0. The van der Waals surface area contributed by atoms with Gasteiger partial charge in [0.2, 0.25) is 0 Å². The summed E-state index contributed by atoms with van der Waals surface area (Å²) >= 11 is 3.86. The fourth-order valence-electron chi connectivity index (χ4n) is 2.58. The highest BCUT2D eigenvalue weighted by Crippen LogP contribution is 2.16. The van der Waals surface area contributed by atoms with Gasteiger partial charge in [0.05, 0.1) is 19.1 Å². The van der Waals surface area contributed by atoms with Gasteiger partial charge in [-0.2, -0.15) is 0 Å². The van der Waals surface area contributed by atoms with Crippen LogP contribution >= 0.6 is 12.6 Å². The van der Waals surface area contributed by atoms with Crippen LogP contribution < -0.4 is 5.32 Å². The van der Waals surface area contributed by atoms with Crippen LogP contribution in [0.1, 0.15) is 60.8 Å². The Kier molecular flexibility index (Phi) is 12.2. The van der Waals surface area contributed by atoms with E-state index in [1.807, 2.05) is 27.7 Å². The minimum absolute atomic E-state index is 0.0228. The summed E-state index contributed by atoms with van der Waals surface area (Å²) in [6.45, 7) is 12.6. The van der Waals surface area contributed by atoms with Gasteiger partial charge in [0.1, 0.15) is 5.78 Å². The number of ketones is 2. The first-order valence-corrected chi connectivity index (χ1v) is 9.76. The van der Waals surface area contributed by atoms with E-state index in [1.54, 1.807) is 4.90 Å². The maximum atomic E-state index is 12.7. The predicted molar refractivity (Wildman–Crippen MR) is 106 cm³/mol. The van der Waals surface area contributed by atoms with Crippen molar-refractivity contribution in [2.75, 3.05) is 19.6 Å². The van der Waals surface area contributed by atoms with Crippen molar-refractivity contribution in [2.24, 2.45) is 11.8 Å². The highest BCUT2D eigenvalue weighted by atomic mass is 32.1. The Balaban J connectivity index is 5.03.